The first-order chi connectivity index (χ1) is 14.5. The lowest BCUT2D eigenvalue weighted by atomic mass is 10.1. The van der Waals surface area contributed by atoms with Crippen molar-refractivity contribution in [3.8, 4) is 11.5 Å². The van der Waals surface area contributed by atoms with Gasteiger partial charge in [0.05, 0.1) is 14.2 Å². The smallest absolute Gasteiger partial charge is 0.322 e. The average Bonchev–Trinajstić information content (AvgIpc) is 3.32. The lowest BCUT2D eigenvalue weighted by Gasteiger charge is -2.24. The van der Waals surface area contributed by atoms with Crippen LogP contribution in [-0.2, 0) is 30.0 Å². The third-order valence-corrected chi connectivity index (χ3v) is 7.57. The van der Waals surface area contributed by atoms with Crippen LogP contribution in [0.15, 0.2) is 16.5 Å². The monoisotopic (exact) mass is 472 g/mol. The molecule has 0 amide bonds. The van der Waals surface area contributed by atoms with Crippen LogP contribution in [0.2, 0.25) is 0 Å². The van der Waals surface area contributed by atoms with Gasteiger partial charge >= 0.3 is 11.9 Å². The molecule has 0 spiro atoms. The van der Waals surface area contributed by atoms with E-state index in [9.17, 15) is 14.2 Å². The Morgan fingerprint density at radius 2 is 1.68 bits per heavy atom. The van der Waals surface area contributed by atoms with Crippen LogP contribution in [0.5, 0.6) is 0 Å². The number of nitrogens with one attached hydrogen (secondary N) is 2. The van der Waals surface area contributed by atoms with E-state index in [1.807, 2.05) is 0 Å². The summed E-state index contributed by atoms with van der Waals surface area (Å²) in [6.45, 7) is 7.15. The van der Waals surface area contributed by atoms with E-state index in [0.717, 1.165) is 11.3 Å². The molecule has 2 aromatic rings. The van der Waals surface area contributed by atoms with E-state index in [1.54, 1.807) is 6.07 Å². The van der Waals surface area contributed by atoms with Crippen LogP contribution in [0.25, 0.3) is 11.5 Å². The van der Waals surface area contributed by atoms with Gasteiger partial charge in [-0.25, -0.2) is 15.2 Å². The number of carbonyl (C=O) groups is 2. The summed E-state index contributed by atoms with van der Waals surface area (Å²) in [6.07, 6.45) is 0.757. The van der Waals surface area contributed by atoms with E-state index in [2.05, 4.69) is 29.0 Å². The molecule has 0 aliphatic heterocycles. The molecule has 2 atom stereocenters. The van der Waals surface area contributed by atoms with E-state index in [0.29, 0.717) is 22.5 Å². The Bertz CT molecular complexity index is 945. The molecule has 0 saturated heterocycles. The van der Waals surface area contributed by atoms with Gasteiger partial charge in [-0.15, -0.1) is 11.3 Å². The number of furan rings is 1. The maximum absolute atomic E-state index is 13.8. The molecule has 10 nitrogen and oxygen atoms in total. The van der Waals surface area contributed by atoms with Crippen molar-refractivity contribution in [2.75, 3.05) is 20.0 Å². The van der Waals surface area contributed by atoms with Crippen molar-refractivity contribution in [3.05, 3.63) is 17.0 Å². The minimum atomic E-state index is -3.78. The van der Waals surface area contributed by atoms with Gasteiger partial charge in [0.1, 0.15) is 17.8 Å². The van der Waals surface area contributed by atoms with E-state index >= 15 is 0 Å². The lowest BCUT2D eigenvalue weighted by Crippen LogP contribution is -2.44. The number of hydrogen-bond acceptors (Lipinski definition) is 9. The predicted molar refractivity (Wildman–Crippen MR) is 119 cm³/mol. The van der Waals surface area contributed by atoms with Gasteiger partial charge in [0.15, 0.2) is 16.4 Å². The summed E-state index contributed by atoms with van der Waals surface area (Å²) < 4.78 is 29.1. The molecule has 0 fully saturated rings. The van der Waals surface area contributed by atoms with Gasteiger partial charge in [0.25, 0.3) is 7.44 Å². The number of hydrogen-bond donors (Lipinski definition) is 3. The summed E-state index contributed by atoms with van der Waals surface area (Å²) in [5.41, 5.74) is 6.50. The van der Waals surface area contributed by atoms with Crippen LogP contribution in [0.4, 0.5) is 5.13 Å². The largest absolute Gasteiger partial charge is 0.468 e. The molecular formula is C19H29N4O6PS. The number of aromatic nitrogens is 1. The molecule has 4 N–H and O–H groups in total. The lowest BCUT2D eigenvalue weighted by molar-refractivity contribution is -0.142. The molecule has 31 heavy (non-hydrogen) atoms. The summed E-state index contributed by atoms with van der Waals surface area (Å²) in [7, 11) is -1.33. The summed E-state index contributed by atoms with van der Waals surface area (Å²) >= 11 is 1.37. The quantitative estimate of drug-likeness (QED) is 0.348. The van der Waals surface area contributed by atoms with Crippen molar-refractivity contribution in [3.63, 3.8) is 0 Å². The molecule has 2 heterocycles. The molecule has 0 aliphatic rings. The summed E-state index contributed by atoms with van der Waals surface area (Å²) in [6, 6.07) is 1.27. The Balaban J connectivity index is 2.44. The first-order valence-electron chi connectivity index (χ1n) is 9.68. The number of thiazole rings is 1. The molecule has 2 aromatic heterocycles. The number of nitrogens with two attached hydrogens (primary N) is 1. The number of methoxy groups -OCH3 is 2. The fourth-order valence-electron chi connectivity index (χ4n) is 2.86. The third kappa shape index (κ3) is 6.16. The van der Waals surface area contributed by atoms with E-state index < -0.39 is 31.5 Å². The van der Waals surface area contributed by atoms with Gasteiger partial charge in [-0.1, -0.05) is 13.8 Å². The molecule has 0 bridgehead atoms. The number of anilines is 1. The first-order valence-corrected chi connectivity index (χ1v) is 12.2. The molecule has 12 heteroatoms. The highest BCUT2D eigenvalue weighted by Crippen LogP contribution is 2.40. The minimum absolute atomic E-state index is 0.0241. The second-order valence-corrected chi connectivity index (χ2v) is 10.7. The van der Waals surface area contributed by atoms with Gasteiger partial charge < -0.3 is 19.6 Å². The van der Waals surface area contributed by atoms with E-state index in [-0.39, 0.29) is 5.50 Å². The van der Waals surface area contributed by atoms with Crippen molar-refractivity contribution >= 4 is 41.4 Å². The molecule has 0 saturated carbocycles. The fraction of sp³-hybridized carbons (Fsp3) is 0.526. The average molecular weight is 473 g/mol. The molecule has 0 aliphatic carbocycles. The highest BCUT2D eigenvalue weighted by atomic mass is 32.1. The summed E-state index contributed by atoms with van der Waals surface area (Å²) in [5.74, 6) is -0.472. The second kappa shape index (κ2) is 10.4. The van der Waals surface area contributed by atoms with Crippen LogP contribution < -0.4 is 21.4 Å². The second-order valence-electron chi connectivity index (χ2n) is 7.42. The van der Waals surface area contributed by atoms with Crippen LogP contribution in [0.1, 0.15) is 32.6 Å². The minimum Gasteiger partial charge on any atom is -0.468 e. The topological polar surface area (TPSA) is 146 Å². The summed E-state index contributed by atoms with van der Waals surface area (Å²) in [4.78, 5) is 29.1. The Hall–Kier alpha value is -2.20. The van der Waals surface area contributed by atoms with Gasteiger partial charge in [0, 0.05) is 4.88 Å². The zero-order valence-electron chi connectivity index (χ0n) is 18.4. The Morgan fingerprint density at radius 3 is 2.16 bits per heavy atom. The normalized spacial score (nSPS) is 13.8. The molecular weight excluding hydrogens is 443 g/mol. The molecule has 0 aromatic carbocycles. The van der Waals surface area contributed by atoms with Crippen molar-refractivity contribution < 1.29 is 28.0 Å². The van der Waals surface area contributed by atoms with Crippen molar-refractivity contribution in [2.45, 2.75) is 46.2 Å². The van der Waals surface area contributed by atoms with Crippen molar-refractivity contribution in [2.24, 2.45) is 5.92 Å². The molecule has 0 unspecified atom stereocenters. The van der Waals surface area contributed by atoms with Gasteiger partial charge in [0.2, 0.25) is 0 Å². The van der Waals surface area contributed by atoms with Gasteiger partial charge in [-0.2, -0.15) is 0 Å². The molecule has 0 radical (unpaired) electrons. The highest BCUT2D eigenvalue weighted by Gasteiger charge is 2.36. The number of nitrogen functional groups attached to an aromatic ring is 1. The SMILES string of the molecule is COC(=O)[C@@H](C)NP(=O)(N[C@H](C)C(=O)OC)c1ccc(-c2nc(N)sc2CC(C)C)o1. The Labute approximate surface area is 185 Å². The molecule has 172 valence electrons. The number of carbonyl (C=O) groups excluding carboxylic acids is 2. The third-order valence-electron chi connectivity index (χ3n) is 4.30. The Morgan fingerprint density at radius 1 is 1.13 bits per heavy atom. The number of ether oxygens (including phenoxy) is 2. The van der Waals surface area contributed by atoms with Crippen LogP contribution in [-0.4, -0.2) is 43.2 Å². The predicted octanol–water partition coefficient (Wildman–Crippen LogP) is 2.30. The van der Waals surface area contributed by atoms with E-state index in [1.165, 1.54) is 45.5 Å². The summed E-state index contributed by atoms with van der Waals surface area (Å²) in [5, 5.41) is 5.83. The van der Waals surface area contributed by atoms with Crippen LogP contribution >= 0.6 is 18.8 Å². The fourth-order valence-corrected chi connectivity index (χ4v) is 6.06. The maximum Gasteiger partial charge on any atom is 0.322 e. The van der Waals surface area contributed by atoms with Crippen LogP contribution in [0, 0.1) is 5.92 Å². The standard InChI is InChI=1S/C19H29N4O6PS/c1-10(2)9-14-16(21-19(20)31-14)13-7-8-15(29-13)30(26,22-11(3)17(24)27-5)23-12(4)18(25)28-6/h7-8,10-12H,9H2,1-6H3,(H2,20,21)(H2,22,23,26)/t11-,12-/m1/s1. The van der Waals surface area contributed by atoms with Crippen LogP contribution in [0.3, 0.4) is 0 Å². The molecule has 2 rings (SSSR count). The zero-order chi connectivity index (χ0) is 23.3. The first kappa shape index (κ1) is 25.1. The number of esters is 2. The zero-order valence-corrected chi connectivity index (χ0v) is 20.1. The van der Waals surface area contributed by atoms with E-state index in [4.69, 9.17) is 19.6 Å². The van der Waals surface area contributed by atoms with Crippen molar-refractivity contribution in [1.82, 2.24) is 15.2 Å². The van der Waals surface area contributed by atoms with Gasteiger partial charge in [-0.05, 0) is 38.3 Å². The highest BCUT2D eigenvalue weighted by molar-refractivity contribution is 7.67. The number of rotatable bonds is 10. The number of nitrogens with zero attached hydrogens (tertiary/aromatic N) is 1. The maximum atomic E-state index is 13.8. The Kier molecular flexibility index (Phi) is 8.41. The van der Waals surface area contributed by atoms with Gasteiger partial charge in [-0.3, -0.25) is 14.2 Å². The van der Waals surface area contributed by atoms with Crippen molar-refractivity contribution in [1.29, 1.82) is 0 Å².